The number of nitrogens with two attached hydrogens (primary N) is 1. The summed E-state index contributed by atoms with van der Waals surface area (Å²) >= 11 is 0. The van der Waals surface area contributed by atoms with Gasteiger partial charge in [-0.3, -0.25) is 0 Å². The number of benzene rings is 2. The average Bonchev–Trinajstić information content (AvgIpc) is 2.66. The average molecular weight is 338 g/mol. The van der Waals surface area contributed by atoms with E-state index in [4.69, 9.17) is 4.74 Å². The molecular formula is C22H28NO2+. The van der Waals surface area contributed by atoms with Crippen molar-refractivity contribution < 1.29 is 15.2 Å². The monoisotopic (exact) mass is 338 g/mol. The molecule has 1 saturated carbocycles. The maximum atomic E-state index is 11.1. The standard InChI is InChI=1S/C22H27NO2/c24-22-12-5-4-11-20(22)21(23-14-13-22)18-9-6-10-19(15-18)25-16-17-7-2-1-3-8-17/h1-3,6-10,15,20-21,23-24H,4-5,11-14,16H2/p+1/t20-,21-,22-/m0/s1. The number of quaternary nitrogens is 1. The fourth-order valence-electron chi connectivity index (χ4n) is 4.67. The summed E-state index contributed by atoms with van der Waals surface area (Å²) in [6.07, 6.45) is 5.43. The van der Waals surface area contributed by atoms with Crippen molar-refractivity contribution in [2.24, 2.45) is 5.92 Å². The number of piperidine rings is 1. The summed E-state index contributed by atoms with van der Waals surface area (Å²) in [7, 11) is 0. The summed E-state index contributed by atoms with van der Waals surface area (Å²) in [6, 6.07) is 19.1. The molecule has 0 aromatic heterocycles. The van der Waals surface area contributed by atoms with Crippen LogP contribution in [0.25, 0.3) is 0 Å². The highest BCUT2D eigenvalue weighted by molar-refractivity contribution is 5.31. The molecule has 3 nitrogen and oxygen atoms in total. The molecule has 1 heterocycles. The summed E-state index contributed by atoms with van der Waals surface area (Å²) in [5.41, 5.74) is 2.01. The van der Waals surface area contributed by atoms with E-state index in [1.165, 1.54) is 24.0 Å². The van der Waals surface area contributed by atoms with Gasteiger partial charge in [-0.25, -0.2) is 0 Å². The van der Waals surface area contributed by atoms with E-state index in [-0.39, 0.29) is 0 Å². The second kappa shape index (κ2) is 7.19. The van der Waals surface area contributed by atoms with Gasteiger partial charge in [0, 0.05) is 17.9 Å². The predicted molar refractivity (Wildman–Crippen MR) is 98.3 cm³/mol. The zero-order valence-corrected chi connectivity index (χ0v) is 14.7. The third-order valence-electron chi connectivity index (χ3n) is 5.99. The third-order valence-corrected chi connectivity index (χ3v) is 5.99. The van der Waals surface area contributed by atoms with E-state index < -0.39 is 5.60 Å². The van der Waals surface area contributed by atoms with Crippen LogP contribution in [-0.4, -0.2) is 17.3 Å². The van der Waals surface area contributed by atoms with Crippen molar-refractivity contribution in [3.63, 3.8) is 0 Å². The van der Waals surface area contributed by atoms with E-state index in [9.17, 15) is 5.11 Å². The van der Waals surface area contributed by atoms with E-state index in [0.29, 0.717) is 18.6 Å². The van der Waals surface area contributed by atoms with Crippen LogP contribution in [-0.2, 0) is 6.61 Å². The Labute approximate surface area is 150 Å². The Bertz CT molecular complexity index is 698. The molecule has 2 aromatic carbocycles. The van der Waals surface area contributed by atoms with E-state index in [1.807, 2.05) is 24.3 Å². The summed E-state index contributed by atoms with van der Waals surface area (Å²) in [4.78, 5) is 0. The molecule has 3 heteroatoms. The van der Waals surface area contributed by atoms with Crippen LogP contribution >= 0.6 is 0 Å². The molecule has 3 atom stereocenters. The second-order valence-corrected chi connectivity index (χ2v) is 7.60. The van der Waals surface area contributed by atoms with Gasteiger partial charge in [0.25, 0.3) is 0 Å². The zero-order valence-electron chi connectivity index (χ0n) is 14.7. The summed E-state index contributed by atoms with van der Waals surface area (Å²) in [5.74, 6) is 1.28. The van der Waals surface area contributed by atoms with Crippen LogP contribution in [0.2, 0.25) is 0 Å². The molecule has 1 saturated heterocycles. The second-order valence-electron chi connectivity index (χ2n) is 7.60. The Kier molecular flexibility index (Phi) is 4.78. The molecule has 4 rings (SSSR count). The Morgan fingerprint density at radius 1 is 1.04 bits per heavy atom. The number of ether oxygens (including phenoxy) is 1. The van der Waals surface area contributed by atoms with Gasteiger partial charge in [-0.15, -0.1) is 0 Å². The van der Waals surface area contributed by atoms with Crippen molar-refractivity contribution in [1.82, 2.24) is 0 Å². The number of hydrogen-bond donors (Lipinski definition) is 2. The number of rotatable bonds is 4. The minimum atomic E-state index is -0.460. The maximum Gasteiger partial charge on any atom is 0.120 e. The van der Waals surface area contributed by atoms with E-state index in [1.54, 1.807) is 0 Å². The minimum absolute atomic E-state index is 0.347. The van der Waals surface area contributed by atoms with Crippen LogP contribution in [0.5, 0.6) is 5.75 Å². The van der Waals surface area contributed by atoms with E-state index >= 15 is 0 Å². The van der Waals surface area contributed by atoms with Crippen molar-refractivity contribution in [3.05, 3.63) is 65.7 Å². The first-order valence-electron chi connectivity index (χ1n) is 9.57. The van der Waals surface area contributed by atoms with Gasteiger partial charge in [-0.2, -0.15) is 0 Å². The SMILES string of the molecule is O[C@]12CCCC[C@H]1[C@H](c1cccc(OCc3ccccc3)c1)[NH2+]CC2. The molecular weight excluding hydrogens is 310 g/mol. The molecule has 1 aliphatic carbocycles. The molecule has 3 N–H and O–H groups in total. The summed E-state index contributed by atoms with van der Waals surface area (Å²) in [6.45, 7) is 1.60. The molecule has 2 fully saturated rings. The summed E-state index contributed by atoms with van der Waals surface area (Å²) in [5, 5.41) is 13.5. The molecule has 0 spiro atoms. The van der Waals surface area contributed by atoms with E-state index in [2.05, 4.69) is 35.6 Å². The molecule has 2 aromatic rings. The van der Waals surface area contributed by atoms with Gasteiger partial charge in [-0.05, 0) is 30.5 Å². The van der Waals surface area contributed by atoms with E-state index in [0.717, 1.165) is 31.6 Å². The Morgan fingerprint density at radius 3 is 2.80 bits per heavy atom. The van der Waals surface area contributed by atoms with Gasteiger partial charge in [0.05, 0.1) is 12.1 Å². The molecule has 132 valence electrons. The van der Waals surface area contributed by atoms with Gasteiger partial charge in [0.2, 0.25) is 0 Å². The van der Waals surface area contributed by atoms with Crippen molar-refractivity contribution in [3.8, 4) is 5.75 Å². The molecule has 0 unspecified atom stereocenters. The quantitative estimate of drug-likeness (QED) is 0.899. The van der Waals surface area contributed by atoms with Gasteiger partial charge < -0.3 is 15.2 Å². The lowest BCUT2D eigenvalue weighted by Crippen LogP contribution is -2.91. The van der Waals surface area contributed by atoms with Crippen molar-refractivity contribution >= 4 is 0 Å². The largest absolute Gasteiger partial charge is 0.489 e. The first-order valence-corrected chi connectivity index (χ1v) is 9.57. The Morgan fingerprint density at radius 2 is 1.92 bits per heavy atom. The first kappa shape index (κ1) is 16.6. The topological polar surface area (TPSA) is 46.1 Å². The van der Waals surface area contributed by atoms with Crippen LogP contribution in [0.3, 0.4) is 0 Å². The van der Waals surface area contributed by atoms with Crippen molar-refractivity contribution in [2.75, 3.05) is 6.54 Å². The van der Waals surface area contributed by atoms with Crippen LogP contribution < -0.4 is 10.1 Å². The third kappa shape index (κ3) is 3.58. The Hall–Kier alpha value is -1.84. The molecule has 25 heavy (non-hydrogen) atoms. The van der Waals surface area contributed by atoms with Crippen LogP contribution in [0.15, 0.2) is 54.6 Å². The van der Waals surface area contributed by atoms with Gasteiger partial charge in [0.1, 0.15) is 18.4 Å². The predicted octanol–water partition coefficient (Wildman–Crippen LogP) is 3.20. The van der Waals surface area contributed by atoms with Gasteiger partial charge >= 0.3 is 0 Å². The fraction of sp³-hybridized carbons (Fsp3) is 0.455. The van der Waals surface area contributed by atoms with Crippen LogP contribution in [0, 0.1) is 5.92 Å². The highest BCUT2D eigenvalue weighted by atomic mass is 16.5. The number of hydrogen-bond acceptors (Lipinski definition) is 2. The van der Waals surface area contributed by atoms with Crippen LogP contribution in [0.4, 0.5) is 0 Å². The lowest BCUT2D eigenvalue weighted by molar-refractivity contribution is -0.719. The lowest BCUT2D eigenvalue weighted by Gasteiger charge is -2.46. The smallest absolute Gasteiger partial charge is 0.120 e. The van der Waals surface area contributed by atoms with Crippen LogP contribution in [0.1, 0.15) is 49.3 Å². The van der Waals surface area contributed by atoms with Gasteiger partial charge in [-0.1, -0.05) is 55.3 Å². The number of aliphatic hydroxyl groups is 1. The molecule has 2 aliphatic rings. The number of fused-ring (bicyclic) bond motifs is 1. The van der Waals surface area contributed by atoms with Crippen molar-refractivity contribution in [2.45, 2.75) is 50.4 Å². The Balaban J connectivity index is 1.50. The maximum absolute atomic E-state index is 11.1. The first-order chi connectivity index (χ1) is 12.2. The highest BCUT2D eigenvalue weighted by Gasteiger charge is 2.48. The van der Waals surface area contributed by atoms with Crippen molar-refractivity contribution in [1.29, 1.82) is 0 Å². The molecule has 0 bridgehead atoms. The molecule has 0 radical (unpaired) electrons. The minimum Gasteiger partial charge on any atom is -0.489 e. The molecule has 0 amide bonds. The molecule has 1 aliphatic heterocycles. The normalized spacial score (nSPS) is 29.0. The fourth-order valence-corrected chi connectivity index (χ4v) is 4.67. The zero-order chi connectivity index (χ0) is 17.1. The van der Waals surface area contributed by atoms with Gasteiger partial charge in [0.15, 0.2) is 0 Å². The summed E-state index contributed by atoms with van der Waals surface area (Å²) < 4.78 is 6.01. The highest BCUT2D eigenvalue weighted by Crippen LogP contribution is 2.43. The lowest BCUT2D eigenvalue weighted by atomic mass is 9.67.